The van der Waals surface area contributed by atoms with Crippen molar-refractivity contribution >= 4 is 5.82 Å². The number of rotatable bonds is 7. The van der Waals surface area contributed by atoms with Crippen LogP contribution in [0.15, 0.2) is 12.1 Å². The first-order valence-electron chi connectivity index (χ1n) is 8.15. The van der Waals surface area contributed by atoms with Crippen LogP contribution in [0.2, 0.25) is 0 Å². The van der Waals surface area contributed by atoms with E-state index in [1.165, 1.54) is 24.1 Å². The van der Waals surface area contributed by atoms with Crippen molar-refractivity contribution < 1.29 is 4.74 Å². The Balaban J connectivity index is 2.07. The van der Waals surface area contributed by atoms with Crippen LogP contribution in [-0.4, -0.2) is 38.8 Å². The zero-order chi connectivity index (χ0) is 15.1. The Morgan fingerprint density at radius 2 is 2.10 bits per heavy atom. The van der Waals surface area contributed by atoms with Crippen LogP contribution in [0.3, 0.4) is 0 Å². The molecule has 4 nitrogen and oxygen atoms in total. The highest BCUT2D eigenvalue weighted by molar-refractivity contribution is 5.43. The maximum atomic E-state index is 5.28. The van der Waals surface area contributed by atoms with Crippen LogP contribution >= 0.6 is 0 Å². The minimum absolute atomic E-state index is 0.710. The van der Waals surface area contributed by atoms with Gasteiger partial charge in [0.05, 0.1) is 0 Å². The summed E-state index contributed by atoms with van der Waals surface area (Å²) in [5.41, 5.74) is 2.56. The maximum Gasteiger partial charge on any atom is 0.129 e. The van der Waals surface area contributed by atoms with E-state index in [1.54, 1.807) is 7.11 Å². The zero-order valence-corrected chi connectivity index (χ0v) is 13.7. The number of aromatic nitrogens is 1. The molecule has 0 bridgehead atoms. The zero-order valence-electron chi connectivity index (χ0n) is 13.7. The van der Waals surface area contributed by atoms with Crippen LogP contribution in [0.4, 0.5) is 5.82 Å². The number of nitrogens with zero attached hydrogens (tertiary/aromatic N) is 2. The van der Waals surface area contributed by atoms with Crippen molar-refractivity contribution in [3.8, 4) is 0 Å². The molecule has 2 rings (SSSR count). The van der Waals surface area contributed by atoms with E-state index in [9.17, 15) is 0 Å². The van der Waals surface area contributed by atoms with E-state index in [-0.39, 0.29) is 0 Å². The Bertz CT molecular complexity index is 404. The Kier molecular flexibility index (Phi) is 6.46. The lowest BCUT2D eigenvalue weighted by Crippen LogP contribution is -2.35. The Hall–Kier alpha value is -1.13. The van der Waals surface area contributed by atoms with Crippen LogP contribution < -0.4 is 10.2 Å². The molecule has 1 fully saturated rings. The normalized spacial score (nSPS) is 16.4. The molecule has 1 aromatic rings. The predicted octanol–water partition coefficient (Wildman–Crippen LogP) is 2.62. The SMILES string of the molecule is CCCc1cc(CNC)cc(N2CCC(COC)CC2)n1. The summed E-state index contributed by atoms with van der Waals surface area (Å²) in [7, 11) is 3.79. The fraction of sp³-hybridized carbons (Fsp3) is 0.706. The minimum atomic E-state index is 0.710. The first kappa shape index (κ1) is 16.2. The van der Waals surface area contributed by atoms with E-state index in [1.807, 2.05) is 7.05 Å². The van der Waals surface area contributed by atoms with Gasteiger partial charge in [-0.25, -0.2) is 4.98 Å². The first-order valence-corrected chi connectivity index (χ1v) is 8.15. The lowest BCUT2D eigenvalue weighted by Gasteiger charge is -2.33. The average molecular weight is 291 g/mol. The first-order chi connectivity index (χ1) is 10.3. The van der Waals surface area contributed by atoms with Gasteiger partial charge in [0, 0.05) is 39.0 Å². The van der Waals surface area contributed by atoms with E-state index in [0.29, 0.717) is 5.92 Å². The Labute approximate surface area is 128 Å². The maximum absolute atomic E-state index is 5.28. The van der Waals surface area contributed by atoms with Crippen molar-refractivity contribution in [1.82, 2.24) is 10.3 Å². The van der Waals surface area contributed by atoms with Crippen LogP contribution in [0.25, 0.3) is 0 Å². The van der Waals surface area contributed by atoms with Crippen LogP contribution in [0.1, 0.15) is 37.4 Å². The molecule has 2 heterocycles. The molecule has 0 aromatic carbocycles. The van der Waals surface area contributed by atoms with Crippen molar-refractivity contribution in [2.75, 3.05) is 38.8 Å². The molecule has 1 aromatic heterocycles. The fourth-order valence-electron chi connectivity index (χ4n) is 3.05. The molecule has 0 unspecified atom stereocenters. The van der Waals surface area contributed by atoms with Gasteiger partial charge in [0.1, 0.15) is 5.82 Å². The lowest BCUT2D eigenvalue weighted by molar-refractivity contribution is 0.139. The second kappa shape index (κ2) is 8.35. The molecule has 0 aliphatic carbocycles. The topological polar surface area (TPSA) is 37.4 Å². The summed E-state index contributed by atoms with van der Waals surface area (Å²) in [5.74, 6) is 1.86. The van der Waals surface area contributed by atoms with Crippen LogP contribution in [0, 0.1) is 5.92 Å². The summed E-state index contributed by atoms with van der Waals surface area (Å²) in [5, 5.41) is 3.24. The van der Waals surface area contributed by atoms with Crippen molar-refractivity contribution in [2.24, 2.45) is 5.92 Å². The number of anilines is 1. The van der Waals surface area contributed by atoms with Gasteiger partial charge in [-0.2, -0.15) is 0 Å². The third-order valence-electron chi connectivity index (χ3n) is 4.15. The van der Waals surface area contributed by atoms with Gasteiger partial charge in [-0.15, -0.1) is 0 Å². The smallest absolute Gasteiger partial charge is 0.129 e. The second-order valence-corrected chi connectivity index (χ2v) is 5.99. The van der Waals surface area contributed by atoms with Gasteiger partial charge in [-0.3, -0.25) is 0 Å². The van der Waals surface area contributed by atoms with Gasteiger partial charge < -0.3 is 15.0 Å². The van der Waals surface area contributed by atoms with Gasteiger partial charge in [-0.05, 0) is 49.9 Å². The number of piperidine rings is 1. The quantitative estimate of drug-likeness (QED) is 0.838. The number of hydrogen-bond acceptors (Lipinski definition) is 4. The Morgan fingerprint density at radius 3 is 2.71 bits per heavy atom. The molecule has 1 aliphatic heterocycles. The third kappa shape index (κ3) is 4.68. The molecule has 0 radical (unpaired) electrons. The highest BCUT2D eigenvalue weighted by atomic mass is 16.5. The van der Waals surface area contributed by atoms with E-state index >= 15 is 0 Å². The standard InChI is InChI=1S/C17H29N3O/c1-4-5-16-10-15(12-18-2)11-17(19-16)20-8-6-14(7-9-20)13-21-3/h10-11,14,18H,4-9,12-13H2,1-3H3. The summed E-state index contributed by atoms with van der Waals surface area (Å²) in [4.78, 5) is 7.30. The molecule has 0 saturated carbocycles. The largest absolute Gasteiger partial charge is 0.384 e. The van der Waals surface area contributed by atoms with E-state index in [4.69, 9.17) is 9.72 Å². The van der Waals surface area contributed by atoms with Gasteiger partial charge in [-0.1, -0.05) is 13.3 Å². The number of hydrogen-bond donors (Lipinski definition) is 1. The summed E-state index contributed by atoms with van der Waals surface area (Å²) < 4.78 is 5.28. The van der Waals surface area contributed by atoms with Gasteiger partial charge >= 0.3 is 0 Å². The van der Waals surface area contributed by atoms with Crippen LogP contribution in [-0.2, 0) is 17.7 Å². The molecule has 0 atom stereocenters. The number of aryl methyl sites for hydroxylation is 1. The minimum Gasteiger partial charge on any atom is -0.384 e. The van der Waals surface area contributed by atoms with E-state index in [0.717, 1.165) is 44.9 Å². The fourth-order valence-corrected chi connectivity index (χ4v) is 3.05. The predicted molar refractivity (Wildman–Crippen MR) is 87.8 cm³/mol. The summed E-state index contributed by atoms with van der Waals surface area (Å²) in [6.07, 6.45) is 4.61. The number of methoxy groups -OCH3 is 1. The third-order valence-corrected chi connectivity index (χ3v) is 4.15. The highest BCUT2D eigenvalue weighted by Gasteiger charge is 2.20. The van der Waals surface area contributed by atoms with Crippen LogP contribution in [0.5, 0.6) is 0 Å². The summed E-state index contributed by atoms with van der Waals surface area (Å²) in [6.45, 7) is 6.20. The summed E-state index contributed by atoms with van der Waals surface area (Å²) >= 11 is 0. The molecule has 1 N–H and O–H groups in total. The van der Waals surface area contributed by atoms with E-state index in [2.05, 4.69) is 29.3 Å². The van der Waals surface area contributed by atoms with Crippen molar-refractivity contribution in [3.63, 3.8) is 0 Å². The molecule has 1 aliphatic rings. The van der Waals surface area contributed by atoms with Gasteiger partial charge in [0.2, 0.25) is 0 Å². The van der Waals surface area contributed by atoms with E-state index < -0.39 is 0 Å². The molecule has 4 heteroatoms. The number of ether oxygens (including phenoxy) is 1. The van der Waals surface area contributed by atoms with Gasteiger partial charge in [0.25, 0.3) is 0 Å². The second-order valence-electron chi connectivity index (χ2n) is 5.99. The molecule has 0 amide bonds. The van der Waals surface area contributed by atoms with Crippen molar-refractivity contribution in [2.45, 2.75) is 39.2 Å². The number of nitrogens with one attached hydrogen (secondary N) is 1. The summed E-state index contributed by atoms with van der Waals surface area (Å²) in [6, 6.07) is 4.48. The number of pyridine rings is 1. The van der Waals surface area contributed by atoms with Crippen molar-refractivity contribution in [3.05, 3.63) is 23.4 Å². The Morgan fingerprint density at radius 1 is 1.33 bits per heavy atom. The van der Waals surface area contributed by atoms with Crippen molar-refractivity contribution in [1.29, 1.82) is 0 Å². The molecule has 0 spiro atoms. The molecule has 118 valence electrons. The molecule has 21 heavy (non-hydrogen) atoms. The molecular formula is C17H29N3O. The molecular weight excluding hydrogens is 262 g/mol. The van der Waals surface area contributed by atoms with Gasteiger partial charge in [0.15, 0.2) is 0 Å². The monoisotopic (exact) mass is 291 g/mol. The average Bonchev–Trinajstić information content (AvgIpc) is 2.49. The lowest BCUT2D eigenvalue weighted by atomic mass is 9.97. The molecule has 1 saturated heterocycles. The highest BCUT2D eigenvalue weighted by Crippen LogP contribution is 2.23.